The van der Waals surface area contributed by atoms with Crippen molar-refractivity contribution < 1.29 is 9.53 Å². The highest BCUT2D eigenvalue weighted by Gasteiger charge is 2.26. The molecule has 1 aliphatic carbocycles. The van der Waals surface area contributed by atoms with Gasteiger partial charge in [-0.1, -0.05) is 18.6 Å². The van der Waals surface area contributed by atoms with Gasteiger partial charge in [-0.3, -0.25) is 9.78 Å². The first-order valence-electron chi connectivity index (χ1n) is 7.26. The van der Waals surface area contributed by atoms with E-state index in [2.05, 4.69) is 4.98 Å². The molecule has 1 aromatic carbocycles. The van der Waals surface area contributed by atoms with E-state index in [1.165, 1.54) is 6.20 Å². The van der Waals surface area contributed by atoms with Gasteiger partial charge in [-0.05, 0) is 31.4 Å². The molecule has 1 saturated carbocycles. The zero-order chi connectivity index (χ0) is 14.8. The Kier molecular flexibility index (Phi) is 3.75. The normalized spacial score (nSPS) is 22.1. The Morgan fingerprint density at radius 2 is 2.00 bits per heavy atom. The molecule has 1 aromatic heterocycles. The van der Waals surface area contributed by atoms with Crippen molar-refractivity contribution >= 4 is 16.8 Å². The second-order valence-corrected chi connectivity index (χ2v) is 5.49. The van der Waals surface area contributed by atoms with Gasteiger partial charge in [0.15, 0.2) is 0 Å². The van der Waals surface area contributed by atoms with Gasteiger partial charge in [-0.2, -0.15) is 0 Å². The SMILES string of the molecule is NC(=O)c1cnc2ccccc2c1OC1CCCCC1N. The predicted molar refractivity (Wildman–Crippen MR) is 81.1 cm³/mol. The van der Waals surface area contributed by atoms with E-state index in [0.717, 1.165) is 36.6 Å². The van der Waals surface area contributed by atoms with Crippen LogP contribution in [0.2, 0.25) is 0 Å². The number of hydrogen-bond donors (Lipinski definition) is 2. The van der Waals surface area contributed by atoms with Crippen LogP contribution in [-0.2, 0) is 0 Å². The van der Waals surface area contributed by atoms with Crippen LogP contribution < -0.4 is 16.2 Å². The van der Waals surface area contributed by atoms with Gasteiger partial charge in [0.1, 0.15) is 17.4 Å². The van der Waals surface area contributed by atoms with Crippen molar-refractivity contribution in [2.24, 2.45) is 11.5 Å². The highest BCUT2D eigenvalue weighted by atomic mass is 16.5. The minimum atomic E-state index is -0.535. The molecule has 0 radical (unpaired) electrons. The lowest BCUT2D eigenvalue weighted by atomic mass is 9.93. The van der Waals surface area contributed by atoms with Crippen LogP contribution in [0.3, 0.4) is 0 Å². The number of para-hydroxylation sites is 1. The van der Waals surface area contributed by atoms with Gasteiger partial charge < -0.3 is 16.2 Å². The molecule has 21 heavy (non-hydrogen) atoms. The summed E-state index contributed by atoms with van der Waals surface area (Å²) in [5.74, 6) is -0.0249. The van der Waals surface area contributed by atoms with Crippen LogP contribution in [0.5, 0.6) is 5.75 Å². The molecule has 2 aromatic rings. The van der Waals surface area contributed by atoms with Crippen LogP contribution in [0.4, 0.5) is 0 Å². The lowest BCUT2D eigenvalue weighted by Gasteiger charge is -2.30. The van der Waals surface area contributed by atoms with Gasteiger partial charge in [0.05, 0.1) is 5.52 Å². The molecule has 4 N–H and O–H groups in total. The number of ether oxygens (including phenoxy) is 1. The second kappa shape index (κ2) is 5.69. The number of rotatable bonds is 3. The molecular formula is C16H19N3O2. The van der Waals surface area contributed by atoms with Crippen molar-refractivity contribution in [1.82, 2.24) is 4.98 Å². The first-order chi connectivity index (χ1) is 10.2. The number of carbonyl (C=O) groups excluding carboxylic acids is 1. The summed E-state index contributed by atoms with van der Waals surface area (Å²) in [7, 11) is 0. The summed E-state index contributed by atoms with van der Waals surface area (Å²) in [5.41, 5.74) is 12.7. The summed E-state index contributed by atoms with van der Waals surface area (Å²) in [4.78, 5) is 15.9. The number of carbonyl (C=O) groups is 1. The zero-order valence-electron chi connectivity index (χ0n) is 11.8. The van der Waals surface area contributed by atoms with E-state index >= 15 is 0 Å². The molecule has 2 atom stereocenters. The Morgan fingerprint density at radius 1 is 1.24 bits per heavy atom. The average Bonchev–Trinajstić information content (AvgIpc) is 2.49. The molecule has 0 saturated heterocycles. The van der Waals surface area contributed by atoms with E-state index in [9.17, 15) is 4.79 Å². The maximum atomic E-state index is 11.7. The molecule has 1 amide bonds. The first-order valence-corrected chi connectivity index (χ1v) is 7.26. The summed E-state index contributed by atoms with van der Waals surface area (Å²) in [6.45, 7) is 0. The van der Waals surface area contributed by atoms with E-state index in [4.69, 9.17) is 16.2 Å². The van der Waals surface area contributed by atoms with Gasteiger partial charge in [0.25, 0.3) is 5.91 Å². The van der Waals surface area contributed by atoms with Crippen LogP contribution in [-0.4, -0.2) is 23.0 Å². The number of aromatic nitrogens is 1. The quantitative estimate of drug-likeness (QED) is 0.902. The lowest BCUT2D eigenvalue weighted by molar-refractivity contribution is 0.0982. The number of nitrogens with zero attached hydrogens (tertiary/aromatic N) is 1. The summed E-state index contributed by atoms with van der Waals surface area (Å²) >= 11 is 0. The molecule has 1 aliphatic rings. The van der Waals surface area contributed by atoms with Gasteiger partial charge in [-0.15, -0.1) is 0 Å². The molecule has 0 spiro atoms. The fraction of sp³-hybridized carbons (Fsp3) is 0.375. The van der Waals surface area contributed by atoms with Crippen molar-refractivity contribution in [3.8, 4) is 5.75 Å². The van der Waals surface area contributed by atoms with E-state index in [-0.39, 0.29) is 12.1 Å². The number of primary amides is 1. The van der Waals surface area contributed by atoms with Crippen molar-refractivity contribution in [3.63, 3.8) is 0 Å². The fourth-order valence-electron chi connectivity index (χ4n) is 2.84. The Labute approximate surface area is 123 Å². The van der Waals surface area contributed by atoms with E-state index < -0.39 is 5.91 Å². The van der Waals surface area contributed by atoms with Gasteiger partial charge >= 0.3 is 0 Å². The fourth-order valence-corrected chi connectivity index (χ4v) is 2.84. The lowest BCUT2D eigenvalue weighted by Crippen LogP contribution is -2.41. The van der Waals surface area contributed by atoms with Crippen LogP contribution in [0.15, 0.2) is 30.5 Å². The Balaban J connectivity index is 2.05. The molecule has 110 valence electrons. The van der Waals surface area contributed by atoms with Gasteiger partial charge in [-0.25, -0.2) is 0 Å². The molecule has 2 unspecified atom stereocenters. The van der Waals surface area contributed by atoms with Gasteiger partial charge in [0.2, 0.25) is 0 Å². The monoisotopic (exact) mass is 285 g/mol. The van der Waals surface area contributed by atoms with Crippen molar-refractivity contribution in [2.45, 2.75) is 37.8 Å². The highest BCUT2D eigenvalue weighted by Crippen LogP contribution is 2.31. The Morgan fingerprint density at radius 3 is 2.76 bits per heavy atom. The van der Waals surface area contributed by atoms with Gasteiger partial charge in [0, 0.05) is 17.6 Å². The van der Waals surface area contributed by atoms with Crippen molar-refractivity contribution in [2.75, 3.05) is 0 Å². The minimum absolute atomic E-state index is 0.00796. The molecule has 5 heteroatoms. The third kappa shape index (κ3) is 2.69. The van der Waals surface area contributed by atoms with E-state index in [1.54, 1.807) is 0 Å². The standard InChI is InChI=1S/C16H19N3O2/c17-12-6-2-4-8-14(12)21-15-10-5-1-3-7-13(10)19-9-11(15)16(18)20/h1,3,5,7,9,12,14H,2,4,6,8,17H2,(H2,18,20). The summed E-state index contributed by atoms with van der Waals surface area (Å²) < 4.78 is 6.11. The highest BCUT2D eigenvalue weighted by molar-refractivity contribution is 6.01. The third-order valence-electron chi connectivity index (χ3n) is 4.01. The number of pyridine rings is 1. The van der Waals surface area contributed by atoms with E-state index in [0.29, 0.717) is 11.3 Å². The number of hydrogen-bond acceptors (Lipinski definition) is 4. The van der Waals surface area contributed by atoms with Crippen LogP contribution in [0, 0.1) is 0 Å². The number of fused-ring (bicyclic) bond motifs is 1. The molecular weight excluding hydrogens is 266 g/mol. The third-order valence-corrected chi connectivity index (χ3v) is 4.01. The smallest absolute Gasteiger partial charge is 0.254 e. The first kappa shape index (κ1) is 13.8. The molecule has 5 nitrogen and oxygen atoms in total. The summed E-state index contributed by atoms with van der Waals surface area (Å²) in [6, 6.07) is 7.55. The van der Waals surface area contributed by atoms with Crippen LogP contribution in [0.25, 0.3) is 10.9 Å². The second-order valence-electron chi connectivity index (χ2n) is 5.49. The number of amides is 1. The average molecular weight is 285 g/mol. The zero-order valence-corrected chi connectivity index (χ0v) is 11.8. The van der Waals surface area contributed by atoms with Crippen molar-refractivity contribution in [1.29, 1.82) is 0 Å². The van der Waals surface area contributed by atoms with Crippen LogP contribution >= 0.6 is 0 Å². The molecule has 1 fully saturated rings. The number of nitrogens with two attached hydrogens (primary N) is 2. The molecule has 1 heterocycles. The largest absolute Gasteiger partial charge is 0.487 e. The predicted octanol–water partition coefficient (Wildman–Crippen LogP) is 1.98. The molecule has 0 aliphatic heterocycles. The number of benzene rings is 1. The summed E-state index contributed by atoms with van der Waals surface area (Å²) in [5, 5.41) is 0.798. The van der Waals surface area contributed by atoms with E-state index in [1.807, 2.05) is 24.3 Å². The topological polar surface area (TPSA) is 91.2 Å². The Hall–Kier alpha value is -2.14. The Bertz CT molecular complexity index is 672. The van der Waals surface area contributed by atoms with Crippen molar-refractivity contribution in [3.05, 3.63) is 36.0 Å². The summed E-state index contributed by atoms with van der Waals surface area (Å²) in [6.07, 6.45) is 5.46. The molecule has 3 rings (SSSR count). The molecule has 0 bridgehead atoms. The maximum absolute atomic E-state index is 11.7. The van der Waals surface area contributed by atoms with Crippen LogP contribution in [0.1, 0.15) is 36.0 Å². The minimum Gasteiger partial charge on any atom is -0.487 e. The maximum Gasteiger partial charge on any atom is 0.254 e.